The molecule has 0 N–H and O–H groups in total. The Labute approximate surface area is 171 Å². The van der Waals surface area contributed by atoms with Crippen molar-refractivity contribution >= 4 is 23.2 Å². The zero-order valence-electron chi connectivity index (χ0n) is 15.9. The third kappa shape index (κ3) is 3.51. The lowest BCUT2D eigenvalue weighted by Gasteiger charge is -2.08. The van der Waals surface area contributed by atoms with E-state index in [2.05, 4.69) is 65.8 Å². The molecule has 2 aromatic carbocycles. The lowest BCUT2D eigenvalue weighted by Crippen LogP contribution is -3.00. The summed E-state index contributed by atoms with van der Waals surface area (Å²) < 4.78 is 3.96. The highest BCUT2D eigenvalue weighted by atomic mass is 35.5. The third-order valence-electron chi connectivity index (χ3n) is 4.58. The highest BCUT2D eigenvalue weighted by Gasteiger charge is 2.27. The minimum atomic E-state index is 0. The largest absolute Gasteiger partial charge is 1.00 e. The molecular weight excluding hydrogens is 387 g/mol. The second-order valence-corrected chi connectivity index (χ2v) is 7.65. The van der Waals surface area contributed by atoms with Gasteiger partial charge in [0.25, 0.3) is 16.6 Å². The fourth-order valence-corrected chi connectivity index (χ4v) is 4.27. The Kier molecular flexibility index (Phi) is 6.12. The number of halogens is 3. The predicted octanol–water partition coefficient (Wildman–Crippen LogP) is 2.92. The van der Waals surface area contributed by atoms with E-state index in [1.807, 2.05) is 15.5 Å². The van der Waals surface area contributed by atoms with Crippen LogP contribution < -0.4 is 17.0 Å². The topological polar surface area (TPSA) is 8.81 Å². The zero-order valence-corrected chi connectivity index (χ0v) is 18.2. The van der Waals surface area contributed by atoms with E-state index < -0.39 is 0 Å². The van der Waals surface area contributed by atoms with E-state index >= 15 is 0 Å². The first kappa shape index (κ1) is 20.8. The van der Waals surface area contributed by atoms with Crippen molar-refractivity contribution in [3.05, 3.63) is 74.3 Å². The van der Waals surface area contributed by atoms with E-state index in [0.717, 1.165) is 11.4 Å². The molecule has 3 aromatic rings. The van der Waals surface area contributed by atoms with Crippen molar-refractivity contribution in [3.8, 4) is 11.4 Å². The standard InChI is InChI=1S/C21H23Cl2N2.ClH/c1-12-7-14(3)18(15(4)8-12)24-11-25(21(23)20(24)22)19-16(5)9-13(2)10-17(19)6;/h7-11H,1-6H3;1H/q+1;/p-1. The first-order valence-electron chi connectivity index (χ1n) is 8.35. The summed E-state index contributed by atoms with van der Waals surface area (Å²) in [5, 5.41) is 1.05. The quantitative estimate of drug-likeness (QED) is 0.576. The summed E-state index contributed by atoms with van der Waals surface area (Å²) in [6.07, 6.45) is 1.99. The minimum absolute atomic E-state index is 0. The van der Waals surface area contributed by atoms with Crippen molar-refractivity contribution < 1.29 is 17.0 Å². The monoisotopic (exact) mass is 408 g/mol. The third-order valence-corrected chi connectivity index (χ3v) is 5.40. The van der Waals surface area contributed by atoms with Gasteiger partial charge in [0, 0.05) is 0 Å². The Morgan fingerprint density at radius 3 is 1.62 bits per heavy atom. The number of hydrogen-bond donors (Lipinski definition) is 0. The summed E-state index contributed by atoms with van der Waals surface area (Å²) in [5.41, 5.74) is 9.35. The van der Waals surface area contributed by atoms with E-state index in [9.17, 15) is 0 Å². The summed E-state index contributed by atoms with van der Waals surface area (Å²) >= 11 is 13.3. The van der Waals surface area contributed by atoms with Crippen LogP contribution in [0.2, 0.25) is 10.3 Å². The Balaban J connectivity index is 0.00000243. The first-order chi connectivity index (χ1) is 11.7. The summed E-state index contributed by atoms with van der Waals surface area (Å²) in [4.78, 5) is 0. The fraction of sp³-hybridized carbons (Fsp3) is 0.286. The summed E-state index contributed by atoms with van der Waals surface area (Å²) in [6.45, 7) is 12.6. The lowest BCUT2D eigenvalue weighted by atomic mass is 10.0. The van der Waals surface area contributed by atoms with Crippen LogP contribution >= 0.6 is 23.2 Å². The second-order valence-electron chi connectivity index (χ2n) is 6.93. The average Bonchev–Trinajstić information content (AvgIpc) is 2.74. The van der Waals surface area contributed by atoms with Gasteiger partial charge in [-0.1, -0.05) is 35.4 Å². The van der Waals surface area contributed by atoms with Crippen LogP contribution in [0.25, 0.3) is 11.4 Å². The van der Waals surface area contributed by atoms with Gasteiger partial charge in [-0.2, -0.15) is 9.13 Å². The number of rotatable bonds is 2. The van der Waals surface area contributed by atoms with E-state index in [-0.39, 0.29) is 12.4 Å². The molecule has 0 saturated carbocycles. The van der Waals surface area contributed by atoms with Crippen molar-refractivity contribution in [2.24, 2.45) is 0 Å². The van der Waals surface area contributed by atoms with Crippen LogP contribution in [-0.2, 0) is 0 Å². The molecule has 0 aliphatic heterocycles. The second kappa shape index (κ2) is 7.64. The van der Waals surface area contributed by atoms with Gasteiger partial charge in [-0.15, -0.1) is 0 Å². The average molecular weight is 410 g/mol. The molecule has 0 aliphatic carbocycles. The smallest absolute Gasteiger partial charge is 0.260 e. The summed E-state index contributed by atoms with van der Waals surface area (Å²) in [5.74, 6) is 0. The minimum Gasteiger partial charge on any atom is -1.00 e. The van der Waals surface area contributed by atoms with Gasteiger partial charge in [-0.25, -0.2) is 0 Å². The van der Waals surface area contributed by atoms with E-state index in [1.54, 1.807) is 0 Å². The number of hydrogen-bond acceptors (Lipinski definition) is 0. The van der Waals surface area contributed by atoms with Crippen molar-refractivity contribution in [2.45, 2.75) is 41.5 Å². The SMILES string of the molecule is Cc1cc(C)c(-n2c[n+](-c3c(C)cc(C)cc3C)c(Cl)c2Cl)c(C)c1.[Cl-]. The van der Waals surface area contributed by atoms with Crippen LogP contribution in [0, 0.1) is 41.5 Å². The molecule has 0 saturated heterocycles. The van der Waals surface area contributed by atoms with Crippen molar-refractivity contribution in [2.75, 3.05) is 0 Å². The number of nitrogens with zero attached hydrogens (tertiary/aromatic N) is 2. The Morgan fingerprint density at radius 1 is 0.731 bits per heavy atom. The molecule has 0 spiro atoms. The fourth-order valence-electron chi connectivity index (χ4n) is 3.83. The molecule has 0 atom stereocenters. The molecule has 0 aliphatic rings. The normalized spacial score (nSPS) is 10.8. The number of benzene rings is 2. The maximum absolute atomic E-state index is 6.63. The van der Waals surface area contributed by atoms with Crippen LogP contribution in [-0.4, -0.2) is 4.57 Å². The molecule has 1 heterocycles. The van der Waals surface area contributed by atoms with Gasteiger partial charge in [0.2, 0.25) is 0 Å². The Bertz CT molecular complexity index is 863. The molecule has 0 unspecified atom stereocenters. The van der Waals surface area contributed by atoms with E-state index in [0.29, 0.717) is 10.3 Å². The highest BCUT2D eigenvalue weighted by Crippen LogP contribution is 2.29. The molecule has 5 heteroatoms. The van der Waals surface area contributed by atoms with Gasteiger partial charge in [-0.3, -0.25) is 0 Å². The zero-order chi connectivity index (χ0) is 18.5. The van der Waals surface area contributed by atoms with Gasteiger partial charge in [0.1, 0.15) is 11.4 Å². The number of aromatic nitrogens is 2. The molecule has 0 amide bonds. The number of aryl methyl sites for hydroxylation is 6. The van der Waals surface area contributed by atoms with Crippen LogP contribution in [0.15, 0.2) is 30.6 Å². The maximum Gasteiger partial charge on any atom is 0.260 e. The van der Waals surface area contributed by atoms with Crippen LogP contribution in [0.4, 0.5) is 0 Å². The molecular formula is C21H23Cl3N2. The molecule has 0 radical (unpaired) electrons. The van der Waals surface area contributed by atoms with Gasteiger partial charge in [-0.05, 0) is 87.0 Å². The maximum atomic E-state index is 6.63. The first-order valence-corrected chi connectivity index (χ1v) is 9.10. The molecule has 0 bridgehead atoms. The molecule has 26 heavy (non-hydrogen) atoms. The molecule has 138 valence electrons. The summed E-state index contributed by atoms with van der Waals surface area (Å²) in [7, 11) is 0. The van der Waals surface area contributed by atoms with Crippen LogP contribution in [0.3, 0.4) is 0 Å². The van der Waals surface area contributed by atoms with E-state index in [4.69, 9.17) is 23.2 Å². The van der Waals surface area contributed by atoms with Crippen molar-refractivity contribution in [1.29, 1.82) is 0 Å². The van der Waals surface area contributed by atoms with Crippen molar-refractivity contribution in [1.82, 2.24) is 4.57 Å². The molecule has 0 fully saturated rings. The van der Waals surface area contributed by atoms with Crippen LogP contribution in [0.1, 0.15) is 33.4 Å². The lowest BCUT2D eigenvalue weighted by molar-refractivity contribution is -0.593. The Hall–Kier alpha value is -1.48. The van der Waals surface area contributed by atoms with Crippen molar-refractivity contribution in [3.63, 3.8) is 0 Å². The molecule has 1 aromatic heterocycles. The van der Waals surface area contributed by atoms with Crippen LogP contribution in [0.5, 0.6) is 0 Å². The highest BCUT2D eigenvalue weighted by molar-refractivity contribution is 6.40. The van der Waals surface area contributed by atoms with Gasteiger partial charge in [0.15, 0.2) is 0 Å². The molecule has 2 nitrogen and oxygen atoms in total. The number of imidazole rings is 1. The van der Waals surface area contributed by atoms with Gasteiger partial charge < -0.3 is 12.4 Å². The summed E-state index contributed by atoms with van der Waals surface area (Å²) in [6, 6.07) is 8.66. The predicted molar refractivity (Wildman–Crippen MR) is 106 cm³/mol. The molecule has 3 rings (SSSR count). The van der Waals surface area contributed by atoms with E-state index in [1.165, 1.54) is 33.4 Å². The van der Waals surface area contributed by atoms with Gasteiger partial charge in [0.05, 0.1) is 0 Å². The Morgan fingerprint density at radius 2 is 1.15 bits per heavy atom. The van der Waals surface area contributed by atoms with Gasteiger partial charge >= 0.3 is 0 Å².